The molecule has 0 aliphatic carbocycles. The van der Waals surface area contributed by atoms with Crippen molar-refractivity contribution in [3.05, 3.63) is 100 Å². The van der Waals surface area contributed by atoms with Gasteiger partial charge in [0.05, 0.1) is 10.7 Å². The first-order valence-electron chi connectivity index (χ1n) is 9.77. The minimum atomic E-state index is -0.712. The maximum Gasteiger partial charge on any atom is 0.280 e. The van der Waals surface area contributed by atoms with Crippen LogP contribution in [0.1, 0.15) is 10.5 Å². The molecular weight excluding hydrogens is 465 g/mol. The summed E-state index contributed by atoms with van der Waals surface area (Å²) in [4.78, 5) is 29.1. The van der Waals surface area contributed by atoms with Gasteiger partial charge in [-0.2, -0.15) is 5.10 Å². The molecule has 1 amide bonds. The number of nitrogens with one attached hydrogen (secondary N) is 1. The summed E-state index contributed by atoms with van der Waals surface area (Å²) in [6.45, 7) is 0. The molecule has 5 aromatic rings. The topological polar surface area (TPSA) is 116 Å². The first-order chi connectivity index (χ1) is 16.5. The third kappa shape index (κ3) is 4.19. The van der Waals surface area contributed by atoms with Crippen LogP contribution in [-0.2, 0) is 0 Å². The quantitative estimate of drug-likeness (QED) is 0.411. The standard InChI is InChI=1S/C22H13ClFN7O3/c23-16-11-14(3-6-17(16)24)31-9-7-18(32)19(29-31)21(33)27-13-1-4-15(5-2-13)34-22-20-28-26-12-30(20)10-8-25-22/h1-12H,(H,27,33). The molecule has 1 N–H and O–H groups in total. The molecule has 3 heterocycles. The third-order valence-electron chi connectivity index (χ3n) is 4.70. The summed E-state index contributed by atoms with van der Waals surface area (Å²) in [5.74, 6) is -0.580. The fraction of sp³-hybridized carbons (Fsp3) is 0. The fourth-order valence-corrected chi connectivity index (χ4v) is 3.23. The number of aromatic nitrogens is 6. The lowest BCUT2D eigenvalue weighted by Gasteiger charge is -2.09. The number of fused-ring (bicyclic) bond motifs is 1. The summed E-state index contributed by atoms with van der Waals surface area (Å²) in [5, 5.41) is 14.3. The molecule has 0 aliphatic heterocycles. The van der Waals surface area contributed by atoms with E-state index in [-0.39, 0.29) is 16.6 Å². The van der Waals surface area contributed by atoms with Gasteiger partial charge in [-0.3, -0.25) is 14.0 Å². The second-order valence-corrected chi connectivity index (χ2v) is 7.35. The summed E-state index contributed by atoms with van der Waals surface area (Å²) >= 11 is 5.81. The zero-order valence-electron chi connectivity index (χ0n) is 17.1. The summed E-state index contributed by atoms with van der Waals surface area (Å²) < 4.78 is 22.1. The van der Waals surface area contributed by atoms with E-state index in [1.807, 2.05) is 0 Å². The average molecular weight is 478 g/mol. The third-order valence-corrected chi connectivity index (χ3v) is 4.99. The molecule has 0 saturated heterocycles. The molecule has 2 aromatic carbocycles. The van der Waals surface area contributed by atoms with Crippen LogP contribution in [-0.4, -0.2) is 35.3 Å². The van der Waals surface area contributed by atoms with Crippen LogP contribution in [0.15, 0.2) is 78.2 Å². The van der Waals surface area contributed by atoms with Crippen LogP contribution in [0.3, 0.4) is 0 Å². The van der Waals surface area contributed by atoms with E-state index in [1.54, 1.807) is 41.1 Å². The Kier molecular flexibility index (Phi) is 5.44. The molecule has 168 valence electrons. The van der Waals surface area contributed by atoms with Crippen molar-refractivity contribution in [2.75, 3.05) is 5.32 Å². The van der Waals surface area contributed by atoms with E-state index < -0.39 is 17.2 Å². The zero-order chi connectivity index (χ0) is 23.7. The van der Waals surface area contributed by atoms with Gasteiger partial charge in [-0.1, -0.05) is 11.6 Å². The number of hydrogen-bond donors (Lipinski definition) is 1. The van der Waals surface area contributed by atoms with Gasteiger partial charge in [0.25, 0.3) is 11.8 Å². The molecule has 0 atom stereocenters. The molecule has 0 fully saturated rings. The average Bonchev–Trinajstić information content (AvgIpc) is 3.32. The van der Waals surface area contributed by atoms with Gasteiger partial charge in [0, 0.05) is 30.3 Å². The molecule has 0 spiro atoms. The molecule has 34 heavy (non-hydrogen) atoms. The lowest BCUT2D eigenvalue weighted by Crippen LogP contribution is -2.25. The van der Waals surface area contributed by atoms with Crippen LogP contribution in [0.2, 0.25) is 5.02 Å². The van der Waals surface area contributed by atoms with Gasteiger partial charge < -0.3 is 10.1 Å². The van der Waals surface area contributed by atoms with E-state index in [0.29, 0.717) is 22.8 Å². The maximum absolute atomic E-state index is 13.4. The van der Waals surface area contributed by atoms with Crippen LogP contribution >= 0.6 is 11.6 Å². The van der Waals surface area contributed by atoms with Crippen molar-refractivity contribution in [2.45, 2.75) is 0 Å². The number of halogens is 2. The monoisotopic (exact) mass is 477 g/mol. The predicted octanol–water partition coefficient (Wildman–Crippen LogP) is 3.51. The summed E-state index contributed by atoms with van der Waals surface area (Å²) in [6, 6.07) is 11.5. The van der Waals surface area contributed by atoms with Crippen LogP contribution in [0.4, 0.5) is 10.1 Å². The number of anilines is 1. The van der Waals surface area contributed by atoms with E-state index in [1.165, 1.54) is 41.5 Å². The normalized spacial score (nSPS) is 10.9. The van der Waals surface area contributed by atoms with E-state index in [4.69, 9.17) is 16.3 Å². The molecule has 0 saturated carbocycles. The van der Waals surface area contributed by atoms with E-state index in [0.717, 1.165) is 0 Å². The Morgan fingerprint density at radius 1 is 1.09 bits per heavy atom. The summed E-state index contributed by atoms with van der Waals surface area (Å²) in [6.07, 6.45) is 6.13. The molecule has 5 rings (SSSR count). The lowest BCUT2D eigenvalue weighted by molar-refractivity contribution is 0.101. The molecule has 10 nitrogen and oxygen atoms in total. The van der Waals surface area contributed by atoms with Gasteiger partial charge in [0.1, 0.15) is 17.9 Å². The van der Waals surface area contributed by atoms with Gasteiger partial charge in [-0.15, -0.1) is 10.2 Å². The number of carbonyl (C=O) groups is 1. The first-order valence-corrected chi connectivity index (χ1v) is 10.1. The lowest BCUT2D eigenvalue weighted by atomic mass is 10.2. The first kappa shape index (κ1) is 21.2. The molecule has 12 heteroatoms. The van der Waals surface area contributed by atoms with Gasteiger partial charge in [-0.05, 0) is 42.5 Å². The minimum Gasteiger partial charge on any atom is -0.436 e. The molecular formula is C22H13ClFN7O3. The Bertz CT molecular complexity index is 1580. The van der Waals surface area contributed by atoms with Gasteiger partial charge in [0.2, 0.25) is 11.1 Å². The molecule has 0 bridgehead atoms. The summed E-state index contributed by atoms with van der Waals surface area (Å²) in [7, 11) is 0. The van der Waals surface area contributed by atoms with Crippen LogP contribution in [0.25, 0.3) is 11.3 Å². The highest BCUT2D eigenvalue weighted by Crippen LogP contribution is 2.24. The van der Waals surface area contributed by atoms with Crippen molar-refractivity contribution >= 4 is 28.8 Å². The summed E-state index contributed by atoms with van der Waals surface area (Å²) in [5.41, 5.74) is 0.333. The van der Waals surface area contributed by atoms with Crippen molar-refractivity contribution in [3.63, 3.8) is 0 Å². The highest BCUT2D eigenvalue weighted by atomic mass is 35.5. The highest BCUT2D eigenvalue weighted by Gasteiger charge is 2.15. The smallest absolute Gasteiger partial charge is 0.280 e. The van der Waals surface area contributed by atoms with E-state index in [9.17, 15) is 14.0 Å². The fourth-order valence-electron chi connectivity index (χ4n) is 3.05. The van der Waals surface area contributed by atoms with E-state index >= 15 is 0 Å². The Hall–Kier alpha value is -4.64. The number of carbonyl (C=O) groups excluding carboxylic acids is 1. The largest absolute Gasteiger partial charge is 0.436 e. The molecule has 3 aromatic heterocycles. The van der Waals surface area contributed by atoms with E-state index in [2.05, 4.69) is 25.6 Å². The molecule has 0 aliphatic rings. The number of benzene rings is 2. The number of rotatable bonds is 5. The SMILES string of the molecule is O=C(Nc1ccc(Oc2nccn3cnnc23)cc1)c1nn(-c2ccc(F)c(Cl)c2)ccc1=O. The second-order valence-electron chi connectivity index (χ2n) is 6.95. The zero-order valence-corrected chi connectivity index (χ0v) is 17.8. The number of nitrogens with zero attached hydrogens (tertiary/aromatic N) is 6. The van der Waals surface area contributed by atoms with Crippen LogP contribution < -0.4 is 15.5 Å². The number of hydrogen-bond acceptors (Lipinski definition) is 7. The number of ether oxygens (including phenoxy) is 1. The van der Waals surface area contributed by atoms with Crippen molar-refractivity contribution in [2.24, 2.45) is 0 Å². The molecule has 0 unspecified atom stereocenters. The Morgan fingerprint density at radius 2 is 1.91 bits per heavy atom. The minimum absolute atomic E-state index is 0.109. The predicted molar refractivity (Wildman–Crippen MR) is 120 cm³/mol. The second kappa shape index (κ2) is 8.71. The Labute approximate surface area is 195 Å². The molecule has 0 radical (unpaired) electrons. The van der Waals surface area contributed by atoms with Gasteiger partial charge in [-0.25, -0.2) is 14.1 Å². The van der Waals surface area contributed by atoms with Crippen molar-refractivity contribution in [1.82, 2.24) is 29.4 Å². The van der Waals surface area contributed by atoms with Crippen molar-refractivity contribution < 1.29 is 13.9 Å². The van der Waals surface area contributed by atoms with Crippen molar-refractivity contribution in [3.8, 4) is 17.3 Å². The Balaban J connectivity index is 1.34. The Morgan fingerprint density at radius 3 is 2.71 bits per heavy atom. The number of amides is 1. The van der Waals surface area contributed by atoms with Gasteiger partial charge >= 0.3 is 0 Å². The maximum atomic E-state index is 13.4. The van der Waals surface area contributed by atoms with Crippen LogP contribution in [0, 0.1) is 5.82 Å². The van der Waals surface area contributed by atoms with Crippen molar-refractivity contribution in [1.29, 1.82) is 0 Å². The van der Waals surface area contributed by atoms with Gasteiger partial charge in [0.15, 0.2) is 5.69 Å². The van der Waals surface area contributed by atoms with Crippen LogP contribution in [0.5, 0.6) is 11.6 Å². The highest BCUT2D eigenvalue weighted by molar-refractivity contribution is 6.30.